The zero-order valence-corrected chi connectivity index (χ0v) is 8.67. The number of H-pyrrole nitrogens is 1. The van der Waals surface area contributed by atoms with Crippen LogP contribution in [-0.4, -0.2) is 4.98 Å². The molecule has 1 saturated carbocycles. The average molecular weight is 196 g/mol. The van der Waals surface area contributed by atoms with Crippen LogP contribution in [0.1, 0.15) is 24.0 Å². The predicted octanol–water partition coefficient (Wildman–Crippen LogP) is 3.03. The summed E-state index contributed by atoms with van der Waals surface area (Å²) in [6.07, 6.45) is 4.04. The summed E-state index contributed by atoms with van der Waals surface area (Å²) in [5.74, 6) is 0. The Kier molecular flexibility index (Phi) is 1.50. The molecule has 2 nitrogen and oxygen atoms in total. The predicted molar refractivity (Wildman–Crippen MR) is 59.6 cm³/mol. The SMILES string of the molecule is Cc1c[nH]c2ccc(C3(C#N)CC3)cc12. The zero-order valence-electron chi connectivity index (χ0n) is 8.67. The number of fused-ring (bicyclic) bond motifs is 1. The van der Waals surface area contributed by atoms with E-state index >= 15 is 0 Å². The summed E-state index contributed by atoms with van der Waals surface area (Å²) in [6, 6.07) is 8.76. The van der Waals surface area contributed by atoms with Gasteiger partial charge in [-0.3, -0.25) is 0 Å². The van der Waals surface area contributed by atoms with Gasteiger partial charge in [-0.25, -0.2) is 0 Å². The lowest BCUT2D eigenvalue weighted by Gasteiger charge is -2.05. The highest BCUT2D eigenvalue weighted by Gasteiger charge is 2.44. The van der Waals surface area contributed by atoms with E-state index in [9.17, 15) is 0 Å². The second-order valence-electron chi connectivity index (χ2n) is 4.43. The summed E-state index contributed by atoms with van der Waals surface area (Å²) in [6.45, 7) is 2.09. The Labute approximate surface area is 88.5 Å². The van der Waals surface area contributed by atoms with Crippen molar-refractivity contribution in [1.82, 2.24) is 4.98 Å². The lowest BCUT2D eigenvalue weighted by atomic mass is 9.96. The maximum absolute atomic E-state index is 9.14. The van der Waals surface area contributed by atoms with Gasteiger partial charge in [-0.15, -0.1) is 0 Å². The van der Waals surface area contributed by atoms with Crippen molar-refractivity contribution in [2.24, 2.45) is 0 Å². The smallest absolute Gasteiger partial charge is 0.0824 e. The highest BCUT2D eigenvalue weighted by Crippen LogP contribution is 2.48. The van der Waals surface area contributed by atoms with Gasteiger partial charge < -0.3 is 4.98 Å². The summed E-state index contributed by atoms with van der Waals surface area (Å²) < 4.78 is 0. The van der Waals surface area contributed by atoms with Crippen LogP contribution >= 0.6 is 0 Å². The van der Waals surface area contributed by atoms with E-state index in [1.165, 1.54) is 16.5 Å². The molecular weight excluding hydrogens is 184 g/mol. The maximum Gasteiger partial charge on any atom is 0.0824 e. The molecule has 1 fully saturated rings. The molecule has 3 rings (SSSR count). The van der Waals surface area contributed by atoms with E-state index in [-0.39, 0.29) is 5.41 Å². The first kappa shape index (κ1) is 8.55. The van der Waals surface area contributed by atoms with Gasteiger partial charge in [-0.2, -0.15) is 5.26 Å². The van der Waals surface area contributed by atoms with Gasteiger partial charge in [0.15, 0.2) is 0 Å². The molecule has 1 aromatic heterocycles. The second kappa shape index (κ2) is 2.64. The van der Waals surface area contributed by atoms with Crippen LogP contribution in [0.25, 0.3) is 10.9 Å². The molecule has 0 amide bonds. The first-order valence-electron chi connectivity index (χ1n) is 5.25. The minimum atomic E-state index is -0.169. The first-order chi connectivity index (χ1) is 7.25. The third kappa shape index (κ3) is 1.10. The maximum atomic E-state index is 9.14. The number of aromatic nitrogens is 1. The zero-order chi connectivity index (χ0) is 10.5. The lowest BCUT2D eigenvalue weighted by molar-refractivity contribution is 0.911. The molecule has 2 heteroatoms. The van der Waals surface area contributed by atoms with Crippen LogP contribution in [0.15, 0.2) is 24.4 Å². The standard InChI is InChI=1S/C13H12N2/c1-9-7-15-12-3-2-10(6-11(9)12)13(8-14)4-5-13/h2-3,6-7,15H,4-5H2,1H3. The molecule has 0 unspecified atom stereocenters. The molecule has 0 spiro atoms. The highest BCUT2D eigenvalue weighted by molar-refractivity contribution is 5.84. The molecule has 0 aliphatic heterocycles. The summed E-state index contributed by atoms with van der Waals surface area (Å²) in [4.78, 5) is 3.22. The van der Waals surface area contributed by atoms with Gasteiger partial charge in [0.1, 0.15) is 0 Å². The molecule has 0 atom stereocenters. The van der Waals surface area contributed by atoms with Gasteiger partial charge in [0.25, 0.3) is 0 Å². The van der Waals surface area contributed by atoms with Crippen molar-refractivity contribution < 1.29 is 0 Å². The highest BCUT2D eigenvalue weighted by atomic mass is 14.7. The van der Waals surface area contributed by atoms with Crippen molar-refractivity contribution in [3.63, 3.8) is 0 Å². The number of hydrogen-bond acceptors (Lipinski definition) is 1. The number of benzene rings is 1. The molecule has 0 bridgehead atoms. The first-order valence-corrected chi connectivity index (χ1v) is 5.25. The van der Waals surface area contributed by atoms with E-state index < -0.39 is 0 Å². The van der Waals surface area contributed by atoms with E-state index in [2.05, 4.69) is 36.2 Å². The van der Waals surface area contributed by atoms with Crippen LogP contribution in [0.2, 0.25) is 0 Å². The second-order valence-corrected chi connectivity index (χ2v) is 4.43. The third-order valence-electron chi connectivity index (χ3n) is 3.41. The van der Waals surface area contributed by atoms with Crippen LogP contribution in [0.3, 0.4) is 0 Å². The topological polar surface area (TPSA) is 39.6 Å². The Hall–Kier alpha value is -1.75. The minimum Gasteiger partial charge on any atom is -0.361 e. The largest absolute Gasteiger partial charge is 0.361 e. The normalized spacial score (nSPS) is 17.6. The van der Waals surface area contributed by atoms with E-state index in [1.54, 1.807) is 0 Å². The number of aromatic amines is 1. The molecule has 1 heterocycles. The fourth-order valence-corrected chi connectivity index (χ4v) is 2.15. The Balaban J connectivity index is 2.22. The van der Waals surface area contributed by atoms with E-state index in [1.807, 2.05) is 6.20 Å². The van der Waals surface area contributed by atoms with Gasteiger partial charge in [0.05, 0.1) is 11.5 Å². The number of nitrogens with one attached hydrogen (secondary N) is 1. The number of nitrogens with zero attached hydrogens (tertiary/aromatic N) is 1. The van der Waals surface area contributed by atoms with Crippen LogP contribution in [0, 0.1) is 18.3 Å². The molecule has 1 aliphatic carbocycles. The molecule has 1 aliphatic rings. The summed E-state index contributed by atoms with van der Waals surface area (Å²) in [7, 11) is 0. The van der Waals surface area contributed by atoms with Crippen LogP contribution < -0.4 is 0 Å². The molecule has 0 radical (unpaired) electrons. The summed E-state index contributed by atoms with van der Waals surface area (Å²) in [5, 5.41) is 10.4. The van der Waals surface area contributed by atoms with Gasteiger partial charge in [0, 0.05) is 17.1 Å². The van der Waals surface area contributed by atoms with E-state index in [4.69, 9.17) is 5.26 Å². The minimum absolute atomic E-state index is 0.169. The fraction of sp³-hybridized carbons (Fsp3) is 0.308. The van der Waals surface area contributed by atoms with E-state index in [0.717, 1.165) is 18.4 Å². The number of nitriles is 1. The lowest BCUT2D eigenvalue weighted by Crippen LogP contribution is -2.01. The van der Waals surface area contributed by atoms with Gasteiger partial charge in [-0.1, -0.05) is 6.07 Å². The Morgan fingerprint density at radius 1 is 1.40 bits per heavy atom. The molecule has 15 heavy (non-hydrogen) atoms. The van der Waals surface area contributed by atoms with Crippen molar-refractivity contribution in [1.29, 1.82) is 5.26 Å². The number of hydrogen-bond donors (Lipinski definition) is 1. The van der Waals surface area contributed by atoms with Crippen LogP contribution in [0.4, 0.5) is 0 Å². The molecular formula is C13H12N2. The summed E-state index contributed by atoms with van der Waals surface area (Å²) in [5.41, 5.74) is 3.42. The van der Waals surface area contributed by atoms with E-state index in [0.29, 0.717) is 0 Å². The van der Waals surface area contributed by atoms with Crippen molar-refractivity contribution >= 4 is 10.9 Å². The van der Waals surface area contributed by atoms with Gasteiger partial charge >= 0.3 is 0 Å². The Morgan fingerprint density at radius 2 is 2.20 bits per heavy atom. The fourth-order valence-electron chi connectivity index (χ4n) is 2.15. The molecule has 0 saturated heterocycles. The number of rotatable bonds is 1. The molecule has 74 valence electrons. The van der Waals surface area contributed by atoms with Crippen LogP contribution in [-0.2, 0) is 5.41 Å². The van der Waals surface area contributed by atoms with Crippen molar-refractivity contribution in [3.05, 3.63) is 35.5 Å². The quantitative estimate of drug-likeness (QED) is 0.748. The Bertz CT molecular complexity index is 568. The van der Waals surface area contributed by atoms with Crippen molar-refractivity contribution in [2.45, 2.75) is 25.2 Å². The van der Waals surface area contributed by atoms with Crippen molar-refractivity contribution in [2.75, 3.05) is 0 Å². The van der Waals surface area contributed by atoms with Crippen molar-refractivity contribution in [3.8, 4) is 6.07 Å². The molecule has 2 aromatic rings. The van der Waals surface area contributed by atoms with Gasteiger partial charge in [-0.05, 0) is 43.0 Å². The average Bonchev–Trinajstić information content (AvgIpc) is 2.99. The summed E-state index contributed by atoms with van der Waals surface area (Å²) >= 11 is 0. The van der Waals surface area contributed by atoms with Gasteiger partial charge in [0.2, 0.25) is 0 Å². The monoisotopic (exact) mass is 196 g/mol. The third-order valence-corrected chi connectivity index (χ3v) is 3.41. The van der Waals surface area contributed by atoms with Crippen LogP contribution in [0.5, 0.6) is 0 Å². The molecule has 1 N–H and O–H groups in total. The molecule has 1 aromatic carbocycles. The number of aryl methyl sites for hydroxylation is 1. The Morgan fingerprint density at radius 3 is 2.87 bits per heavy atom.